The van der Waals surface area contributed by atoms with Crippen molar-refractivity contribution in [1.29, 1.82) is 0 Å². The minimum absolute atomic E-state index is 0.170. The van der Waals surface area contributed by atoms with Crippen LogP contribution in [0, 0.1) is 0 Å². The smallest absolute Gasteiger partial charge is 0.342 e. The molecule has 0 saturated carbocycles. The lowest BCUT2D eigenvalue weighted by atomic mass is 10.8. The predicted octanol–water partition coefficient (Wildman–Crippen LogP) is 0.0171. The number of carbonyl (C=O) groups excluding carboxylic acids is 1. The summed E-state index contributed by atoms with van der Waals surface area (Å²) in [5.74, 6) is 0. The van der Waals surface area contributed by atoms with E-state index in [2.05, 4.69) is 19.8 Å². The largest absolute Gasteiger partial charge is 0.379 e. The topological polar surface area (TPSA) is 59.9 Å². The van der Waals surface area contributed by atoms with Crippen molar-refractivity contribution in [3.05, 3.63) is 0 Å². The Labute approximate surface area is 65.4 Å². The van der Waals surface area contributed by atoms with Crippen LogP contribution in [-0.4, -0.2) is 39.8 Å². The molecule has 0 aliphatic carbocycles. The van der Waals surface area contributed by atoms with Gasteiger partial charge in [0, 0.05) is 20.4 Å². The number of hydrogen-bond acceptors (Lipinski definition) is 3. The molecule has 11 heavy (non-hydrogen) atoms. The van der Waals surface area contributed by atoms with Gasteiger partial charge in [-0.05, 0) is 0 Å². The maximum absolute atomic E-state index is 10.6. The molecule has 0 heterocycles. The number of urea groups is 1. The van der Waals surface area contributed by atoms with Crippen molar-refractivity contribution in [3.63, 3.8) is 0 Å². The van der Waals surface area contributed by atoms with E-state index < -0.39 is 6.03 Å². The predicted molar refractivity (Wildman–Crippen MR) is 40.8 cm³/mol. The molecule has 0 spiro atoms. The molecule has 0 unspecified atom stereocenters. The standard InChI is InChI=1S/C6H12N2O3/c1-10-4-3-7-6(9)8-5-11-2/h3H,4-5H2,1-2H3,(H,8,9). The highest BCUT2D eigenvalue weighted by Gasteiger charge is 1.91. The van der Waals surface area contributed by atoms with Crippen LogP contribution in [0.25, 0.3) is 0 Å². The summed E-state index contributed by atoms with van der Waals surface area (Å²) in [5.41, 5.74) is 0. The van der Waals surface area contributed by atoms with Gasteiger partial charge in [-0.2, -0.15) is 0 Å². The Bertz CT molecular complexity index is 136. The van der Waals surface area contributed by atoms with Gasteiger partial charge in [-0.25, -0.2) is 9.79 Å². The van der Waals surface area contributed by atoms with Gasteiger partial charge in [-0.3, -0.25) is 0 Å². The third-order valence-corrected chi connectivity index (χ3v) is 0.817. The zero-order chi connectivity index (χ0) is 8.53. The molecular weight excluding hydrogens is 148 g/mol. The van der Waals surface area contributed by atoms with Gasteiger partial charge >= 0.3 is 6.03 Å². The van der Waals surface area contributed by atoms with Gasteiger partial charge in [0.25, 0.3) is 0 Å². The van der Waals surface area contributed by atoms with E-state index in [4.69, 9.17) is 0 Å². The van der Waals surface area contributed by atoms with E-state index >= 15 is 0 Å². The van der Waals surface area contributed by atoms with Crippen LogP contribution < -0.4 is 5.32 Å². The van der Waals surface area contributed by atoms with Crippen LogP contribution in [0.2, 0.25) is 0 Å². The Hall–Kier alpha value is -0.940. The maximum atomic E-state index is 10.6. The van der Waals surface area contributed by atoms with Crippen molar-refractivity contribution in [2.24, 2.45) is 4.99 Å². The first-order valence-corrected chi connectivity index (χ1v) is 3.09. The van der Waals surface area contributed by atoms with E-state index in [0.717, 1.165) is 0 Å². The highest BCUT2D eigenvalue weighted by atomic mass is 16.5. The quantitative estimate of drug-likeness (QED) is 0.465. The van der Waals surface area contributed by atoms with E-state index in [-0.39, 0.29) is 6.73 Å². The number of amides is 2. The lowest BCUT2D eigenvalue weighted by Crippen LogP contribution is -2.22. The molecule has 0 aliphatic rings. The van der Waals surface area contributed by atoms with Crippen LogP contribution in [0.15, 0.2) is 4.99 Å². The lowest BCUT2D eigenvalue weighted by molar-refractivity contribution is 0.175. The Morgan fingerprint density at radius 1 is 1.55 bits per heavy atom. The number of hydrogen-bond donors (Lipinski definition) is 1. The zero-order valence-electron chi connectivity index (χ0n) is 6.66. The molecule has 0 aromatic carbocycles. The molecule has 0 aromatic rings. The fourth-order valence-corrected chi connectivity index (χ4v) is 0.374. The number of ether oxygens (including phenoxy) is 2. The van der Waals surface area contributed by atoms with E-state index in [9.17, 15) is 4.79 Å². The van der Waals surface area contributed by atoms with Crippen LogP contribution in [0.3, 0.4) is 0 Å². The molecule has 0 radical (unpaired) electrons. The molecule has 0 bridgehead atoms. The SMILES string of the molecule is COCC=NC(=O)NCOC. The lowest BCUT2D eigenvalue weighted by Gasteiger charge is -1.96. The van der Waals surface area contributed by atoms with Crippen molar-refractivity contribution in [2.45, 2.75) is 0 Å². The van der Waals surface area contributed by atoms with Crippen molar-refractivity contribution >= 4 is 12.2 Å². The molecule has 0 rings (SSSR count). The summed E-state index contributed by atoms with van der Waals surface area (Å²) in [6.07, 6.45) is 1.38. The molecular formula is C6H12N2O3. The minimum Gasteiger partial charge on any atom is -0.379 e. The maximum Gasteiger partial charge on any atom is 0.342 e. The van der Waals surface area contributed by atoms with Crippen LogP contribution >= 0.6 is 0 Å². The average molecular weight is 160 g/mol. The summed E-state index contributed by atoms with van der Waals surface area (Å²) in [4.78, 5) is 14.1. The molecule has 5 nitrogen and oxygen atoms in total. The first kappa shape index (κ1) is 10.1. The number of aliphatic imine (C=N–C) groups is 1. The van der Waals surface area contributed by atoms with Gasteiger partial charge in [-0.15, -0.1) is 0 Å². The summed E-state index contributed by atoms with van der Waals surface area (Å²) >= 11 is 0. The second-order valence-electron chi connectivity index (χ2n) is 1.68. The first-order valence-electron chi connectivity index (χ1n) is 3.09. The van der Waals surface area contributed by atoms with E-state index in [1.807, 2.05) is 0 Å². The highest BCUT2D eigenvalue weighted by Crippen LogP contribution is 1.72. The fourth-order valence-electron chi connectivity index (χ4n) is 0.374. The number of nitrogens with zero attached hydrogens (tertiary/aromatic N) is 1. The molecule has 0 saturated heterocycles. The third kappa shape index (κ3) is 6.95. The van der Waals surface area contributed by atoms with Crippen molar-refractivity contribution in [3.8, 4) is 0 Å². The minimum atomic E-state index is -0.427. The second kappa shape index (κ2) is 7.17. The van der Waals surface area contributed by atoms with Crippen LogP contribution in [0.4, 0.5) is 4.79 Å². The van der Waals surface area contributed by atoms with Crippen LogP contribution in [0.5, 0.6) is 0 Å². The molecule has 2 amide bonds. The van der Waals surface area contributed by atoms with Crippen LogP contribution in [-0.2, 0) is 9.47 Å². The number of methoxy groups -OCH3 is 2. The molecule has 5 heteroatoms. The van der Waals surface area contributed by atoms with Crippen molar-refractivity contribution in [2.75, 3.05) is 27.6 Å². The third-order valence-electron chi connectivity index (χ3n) is 0.817. The summed E-state index contributed by atoms with van der Waals surface area (Å²) < 4.78 is 9.22. The summed E-state index contributed by atoms with van der Waals surface area (Å²) in [6.45, 7) is 0.504. The Kier molecular flexibility index (Phi) is 6.56. The molecule has 0 aliphatic heterocycles. The van der Waals surface area contributed by atoms with Gasteiger partial charge in [0.15, 0.2) is 0 Å². The number of nitrogens with one attached hydrogen (secondary N) is 1. The Morgan fingerprint density at radius 3 is 2.82 bits per heavy atom. The van der Waals surface area contributed by atoms with Gasteiger partial charge in [0.2, 0.25) is 0 Å². The molecule has 64 valence electrons. The van der Waals surface area contributed by atoms with E-state index in [0.29, 0.717) is 6.61 Å². The second-order valence-corrected chi connectivity index (χ2v) is 1.68. The normalized spacial score (nSPS) is 10.4. The zero-order valence-corrected chi connectivity index (χ0v) is 6.66. The van der Waals surface area contributed by atoms with Gasteiger partial charge < -0.3 is 14.8 Å². The Balaban J connectivity index is 3.35. The number of rotatable bonds is 4. The molecule has 0 aromatic heterocycles. The Morgan fingerprint density at radius 2 is 2.27 bits per heavy atom. The first-order chi connectivity index (χ1) is 5.31. The summed E-state index contributed by atoms with van der Waals surface area (Å²) in [5, 5.41) is 2.38. The number of carbonyl (C=O) groups is 1. The van der Waals surface area contributed by atoms with E-state index in [1.165, 1.54) is 20.4 Å². The molecule has 0 fully saturated rings. The highest BCUT2D eigenvalue weighted by molar-refractivity contribution is 5.83. The van der Waals surface area contributed by atoms with E-state index in [1.54, 1.807) is 0 Å². The van der Waals surface area contributed by atoms with Gasteiger partial charge in [-0.1, -0.05) is 0 Å². The monoisotopic (exact) mass is 160 g/mol. The average Bonchev–Trinajstić information content (AvgIpc) is 2.01. The van der Waals surface area contributed by atoms with Gasteiger partial charge in [0.1, 0.15) is 6.73 Å². The molecule has 1 N–H and O–H groups in total. The summed E-state index contributed by atoms with van der Waals surface area (Å²) in [6, 6.07) is -0.427. The fraction of sp³-hybridized carbons (Fsp3) is 0.667. The van der Waals surface area contributed by atoms with Crippen LogP contribution in [0.1, 0.15) is 0 Å². The van der Waals surface area contributed by atoms with Gasteiger partial charge in [0.05, 0.1) is 6.61 Å². The van der Waals surface area contributed by atoms with Crippen molar-refractivity contribution < 1.29 is 14.3 Å². The van der Waals surface area contributed by atoms with Crippen molar-refractivity contribution in [1.82, 2.24) is 5.32 Å². The summed E-state index contributed by atoms with van der Waals surface area (Å²) in [7, 11) is 3.01. The molecule has 0 atom stereocenters.